The molecule has 4 nitrogen and oxygen atoms in total. The molecule has 0 aromatic heterocycles. The molecule has 0 rings (SSSR count). The maximum atomic E-state index is 10.5. The van der Waals surface area contributed by atoms with E-state index in [1.807, 2.05) is 6.92 Å². The fourth-order valence-corrected chi connectivity index (χ4v) is 1.14. The Labute approximate surface area is 72.7 Å². The summed E-state index contributed by atoms with van der Waals surface area (Å²) in [6, 6.07) is -0.796. The minimum Gasteiger partial charge on any atom is -0.386 e. The second-order valence-corrected chi connectivity index (χ2v) is 3.38. The second-order valence-electron chi connectivity index (χ2n) is 3.38. The standard InChI is InChI=1S/C8H17NO3/c1-4-5-7(9(11)12)8(10)6(2)3/h6-8,10H,4-5H2,1-3H3/t7-,8+/m0/s1. The molecule has 0 saturated heterocycles. The number of nitrogens with zero attached hydrogens (tertiary/aromatic N) is 1. The van der Waals surface area contributed by atoms with Gasteiger partial charge in [0.15, 0.2) is 0 Å². The smallest absolute Gasteiger partial charge is 0.238 e. The molecule has 0 aliphatic carbocycles. The third-order valence-corrected chi connectivity index (χ3v) is 1.93. The van der Waals surface area contributed by atoms with Crippen LogP contribution in [0.1, 0.15) is 33.6 Å². The molecule has 0 aliphatic heterocycles. The third kappa shape index (κ3) is 3.17. The van der Waals surface area contributed by atoms with Crippen LogP contribution in [0.25, 0.3) is 0 Å². The van der Waals surface area contributed by atoms with Crippen molar-refractivity contribution >= 4 is 0 Å². The summed E-state index contributed by atoms with van der Waals surface area (Å²) in [5.74, 6) is -0.0491. The minimum atomic E-state index is -0.819. The van der Waals surface area contributed by atoms with Gasteiger partial charge in [0, 0.05) is 11.3 Å². The van der Waals surface area contributed by atoms with Crippen molar-refractivity contribution in [2.75, 3.05) is 0 Å². The Balaban J connectivity index is 4.18. The molecule has 72 valence electrons. The van der Waals surface area contributed by atoms with Crippen molar-refractivity contribution in [3.05, 3.63) is 10.1 Å². The lowest BCUT2D eigenvalue weighted by atomic mass is 9.97. The SMILES string of the molecule is CCC[C@@H]([C@H](O)C(C)C)[N+](=O)[O-]. The quantitative estimate of drug-likeness (QED) is 0.508. The second kappa shape index (κ2) is 5.09. The summed E-state index contributed by atoms with van der Waals surface area (Å²) >= 11 is 0. The van der Waals surface area contributed by atoms with Gasteiger partial charge in [0.05, 0.1) is 0 Å². The van der Waals surface area contributed by atoms with E-state index >= 15 is 0 Å². The van der Waals surface area contributed by atoms with Crippen LogP contribution >= 0.6 is 0 Å². The molecule has 0 heterocycles. The van der Waals surface area contributed by atoms with Gasteiger partial charge in [-0.05, 0) is 12.3 Å². The molecular weight excluding hydrogens is 158 g/mol. The zero-order valence-electron chi connectivity index (χ0n) is 7.86. The summed E-state index contributed by atoms with van der Waals surface area (Å²) in [6.45, 7) is 5.46. The average Bonchev–Trinajstić information content (AvgIpc) is 1.98. The van der Waals surface area contributed by atoms with Gasteiger partial charge in [0.1, 0.15) is 6.10 Å². The van der Waals surface area contributed by atoms with Crippen LogP contribution < -0.4 is 0 Å². The number of hydrogen-bond donors (Lipinski definition) is 1. The maximum absolute atomic E-state index is 10.5. The molecule has 0 saturated carbocycles. The summed E-state index contributed by atoms with van der Waals surface area (Å²) in [6.07, 6.45) is 0.363. The highest BCUT2D eigenvalue weighted by molar-refractivity contribution is 4.70. The van der Waals surface area contributed by atoms with Gasteiger partial charge in [0.2, 0.25) is 6.04 Å². The Bertz CT molecular complexity index is 147. The molecule has 0 unspecified atom stereocenters. The number of nitro groups is 1. The molecule has 2 atom stereocenters. The molecule has 0 radical (unpaired) electrons. The molecule has 12 heavy (non-hydrogen) atoms. The molecule has 0 bridgehead atoms. The number of aliphatic hydroxyl groups is 1. The molecule has 0 aromatic carbocycles. The van der Waals surface area contributed by atoms with Gasteiger partial charge < -0.3 is 5.11 Å². The number of aliphatic hydroxyl groups excluding tert-OH is 1. The van der Waals surface area contributed by atoms with Crippen LogP contribution in [0.5, 0.6) is 0 Å². The van der Waals surface area contributed by atoms with Gasteiger partial charge in [-0.2, -0.15) is 0 Å². The summed E-state index contributed by atoms with van der Waals surface area (Å²) in [5.41, 5.74) is 0. The van der Waals surface area contributed by atoms with E-state index in [9.17, 15) is 15.2 Å². The van der Waals surface area contributed by atoms with Crippen LogP contribution in [0.3, 0.4) is 0 Å². The Hall–Kier alpha value is -0.640. The summed E-state index contributed by atoms with van der Waals surface area (Å²) < 4.78 is 0. The maximum Gasteiger partial charge on any atom is 0.238 e. The topological polar surface area (TPSA) is 63.4 Å². The lowest BCUT2D eigenvalue weighted by molar-refractivity contribution is -0.537. The van der Waals surface area contributed by atoms with Crippen LogP contribution in [0, 0.1) is 16.0 Å². The monoisotopic (exact) mass is 175 g/mol. The predicted octanol–water partition coefficient (Wildman–Crippen LogP) is 1.45. The fourth-order valence-electron chi connectivity index (χ4n) is 1.14. The highest BCUT2D eigenvalue weighted by Gasteiger charge is 2.30. The van der Waals surface area contributed by atoms with E-state index in [4.69, 9.17) is 0 Å². The molecule has 4 heteroatoms. The van der Waals surface area contributed by atoms with Crippen molar-refractivity contribution in [1.82, 2.24) is 0 Å². The molecule has 0 spiro atoms. The van der Waals surface area contributed by atoms with E-state index in [-0.39, 0.29) is 10.8 Å². The minimum absolute atomic E-state index is 0.0491. The van der Waals surface area contributed by atoms with Crippen molar-refractivity contribution < 1.29 is 10.0 Å². The van der Waals surface area contributed by atoms with Crippen LogP contribution in [0.4, 0.5) is 0 Å². The molecular formula is C8H17NO3. The van der Waals surface area contributed by atoms with Crippen molar-refractivity contribution in [3.63, 3.8) is 0 Å². The fraction of sp³-hybridized carbons (Fsp3) is 1.00. The zero-order chi connectivity index (χ0) is 9.72. The van der Waals surface area contributed by atoms with Crippen molar-refractivity contribution in [2.24, 2.45) is 5.92 Å². The van der Waals surface area contributed by atoms with Gasteiger partial charge in [-0.3, -0.25) is 10.1 Å². The van der Waals surface area contributed by atoms with Gasteiger partial charge in [-0.1, -0.05) is 20.8 Å². The Morgan fingerprint density at radius 1 is 1.50 bits per heavy atom. The van der Waals surface area contributed by atoms with E-state index in [0.717, 1.165) is 6.42 Å². The Kier molecular flexibility index (Phi) is 4.81. The number of rotatable bonds is 5. The third-order valence-electron chi connectivity index (χ3n) is 1.93. The van der Waals surface area contributed by atoms with E-state index < -0.39 is 12.1 Å². The van der Waals surface area contributed by atoms with E-state index in [1.165, 1.54) is 0 Å². The summed E-state index contributed by atoms with van der Waals surface area (Å²) in [5, 5.41) is 19.9. The van der Waals surface area contributed by atoms with Crippen molar-refractivity contribution in [1.29, 1.82) is 0 Å². The first-order valence-electron chi connectivity index (χ1n) is 4.32. The van der Waals surface area contributed by atoms with Crippen molar-refractivity contribution in [3.8, 4) is 0 Å². The average molecular weight is 175 g/mol. The zero-order valence-corrected chi connectivity index (χ0v) is 7.86. The largest absolute Gasteiger partial charge is 0.386 e. The van der Waals surface area contributed by atoms with Gasteiger partial charge in [0.25, 0.3) is 0 Å². The van der Waals surface area contributed by atoms with Crippen LogP contribution in [-0.4, -0.2) is 22.2 Å². The Morgan fingerprint density at radius 3 is 2.25 bits per heavy atom. The van der Waals surface area contributed by atoms with Crippen molar-refractivity contribution in [2.45, 2.75) is 45.8 Å². The molecule has 1 N–H and O–H groups in total. The highest BCUT2D eigenvalue weighted by Crippen LogP contribution is 2.13. The molecule has 0 aliphatic rings. The lowest BCUT2D eigenvalue weighted by Crippen LogP contribution is -2.37. The van der Waals surface area contributed by atoms with Gasteiger partial charge in [-0.25, -0.2) is 0 Å². The summed E-state index contributed by atoms with van der Waals surface area (Å²) in [4.78, 5) is 10.1. The molecule has 0 fully saturated rings. The first-order valence-corrected chi connectivity index (χ1v) is 4.32. The number of hydrogen-bond acceptors (Lipinski definition) is 3. The lowest BCUT2D eigenvalue weighted by Gasteiger charge is -2.18. The summed E-state index contributed by atoms with van der Waals surface area (Å²) in [7, 11) is 0. The van der Waals surface area contributed by atoms with Crippen LogP contribution in [-0.2, 0) is 0 Å². The van der Waals surface area contributed by atoms with E-state index in [2.05, 4.69) is 0 Å². The van der Waals surface area contributed by atoms with E-state index in [1.54, 1.807) is 13.8 Å². The normalized spacial score (nSPS) is 16.1. The highest BCUT2D eigenvalue weighted by atomic mass is 16.6. The first-order chi connectivity index (χ1) is 5.50. The first kappa shape index (κ1) is 11.4. The van der Waals surface area contributed by atoms with Gasteiger partial charge in [-0.15, -0.1) is 0 Å². The molecule has 0 amide bonds. The van der Waals surface area contributed by atoms with E-state index in [0.29, 0.717) is 6.42 Å². The predicted molar refractivity (Wildman–Crippen MR) is 46.5 cm³/mol. The van der Waals surface area contributed by atoms with Crippen LogP contribution in [0.15, 0.2) is 0 Å². The molecule has 0 aromatic rings. The van der Waals surface area contributed by atoms with Gasteiger partial charge >= 0.3 is 0 Å². The Morgan fingerprint density at radius 2 is 2.00 bits per heavy atom. The van der Waals surface area contributed by atoms with Crippen LogP contribution in [0.2, 0.25) is 0 Å².